The number of halogens is 1. The lowest BCUT2D eigenvalue weighted by Gasteiger charge is -2.20. The van der Waals surface area contributed by atoms with E-state index in [1.54, 1.807) is 0 Å². The summed E-state index contributed by atoms with van der Waals surface area (Å²) in [7, 11) is 0. The lowest BCUT2D eigenvalue weighted by atomic mass is 10.0. The molecule has 1 aromatic rings. The Labute approximate surface area is 107 Å². The maximum Gasteiger partial charge on any atom is 0.0303 e. The van der Waals surface area contributed by atoms with Crippen molar-refractivity contribution in [2.75, 3.05) is 6.54 Å². The summed E-state index contributed by atoms with van der Waals surface area (Å²) >= 11 is 3.61. The first-order chi connectivity index (χ1) is 7.67. The average molecular weight is 282 g/mol. The quantitative estimate of drug-likeness (QED) is 0.849. The van der Waals surface area contributed by atoms with E-state index in [9.17, 15) is 0 Å². The van der Waals surface area contributed by atoms with E-state index in [1.807, 2.05) is 0 Å². The third-order valence-electron chi connectivity index (χ3n) is 3.86. The van der Waals surface area contributed by atoms with Gasteiger partial charge in [0.25, 0.3) is 0 Å². The molecule has 1 saturated carbocycles. The first-order valence-corrected chi connectivity index (χ1v) is 6.94. The van der Waals surface area contributed by atoms with E-state index < -0.39 is 0 Å². The topological polar surface area (TPSA) is 12.0 Å². The van der Waals surface area contributed by atoms with Crippen LogP contribution in [-0.4, -0.2) is 6.54 Å². The van der Waals surface area contributed by atoms with Crippen molar-refractivity contribution < 1.29 is 0 Å². The van der Waals surface area contributed by atoms with Gasteiger partial charge in [-0.1, -0.05) is 41.1 Å². The van der Waals surface area contributed by atoms with Crippen LogP contribution in [0.1, 0.15) is 44.7 Å². The second-order valence-electron chi connectivity index (χ2n) is 4.98. The lowest BCUT2D eigenvalue weighted by molar-refractivity contribution is 0.414. The summed E-state index contributed by atoms with van der Waals surface area (Å²) in [6.45, 7) is 5.70. The molecule has 16 heavy (non-hydrogen) atoms. The van der Waals surface area contributed by atoms with Crippen molar-refractivity contribution in [1.29, 1.82) is 0 Å². The second-order valence-corrected chi connectivity index (χ2v) is 5.83. The Morgan fingerprint density at radius 1 is 1.38 bits per heavy atom. The van der Waals surface area contributed by atoms with Crippen LogP contribution in [0.5, 0.6) is 0 Å². The Bertz CT molecular complexity index is 358. The van der Waals surface area contributed by atoms with Crippen LogP contribution in [0.4, 0.5) is 0 Å². The van der Waals surface area contributed by atoms with Crippen molar-refractivity contribution in [2.24, 2.45) is 5.41 Å². The van der Waals surface area contributed by atoms with Crippen LogP contribution < -0.4 is 5.32 Å². The molecule has 0 saturated heterocycles. The Balaban J connectivity index is 1.93. The van der Waals surface area contributed by atoms with Crippen LogP contribution in [0.3, 0.4) is 0 Å². The number of rotatable bonds is 5. The Morgan fingerprint density at radius 2 is 2.06 bits per heavy atom. The van der Waals surface area contributed by atoms with Gasteiger partial charge in [-0.15, -0.1) is 0 Å². The Kier molecular flexibility index (Phi) is 3.70. The third kappa shape index (κ3) is 2.67. The van der Waals surface area contributed by atoms with Gasteiger partial charge in [0, 0.05) is 17.1 Å². The molecule has 0 aliphatic heterocycles. The molecule has 0 radical (unpaired) electrons. The molecule has 1 nitrogen and oxygen atoms in total. The predicted octanol–water partition coefficient (Wildman–Crippen LogP) is 4.29. The molecule has 1 N–H and O–H groups in total. The molecule has 0 spiro atoms. The van der Waals surface area contributed by atoms with E-state index in [-0.39, 0.29) is 0 Å². The van der Waals surface area contributed by atoms with Crippen LogP contribution >= 0.6 is 15.9 Å². The first-order valence-electron chi connectivity index (χ1n) is 6.15. The largest absolute Gasteiger partial charge is 0.310 e. The molecule has 1 unspecified atom stereocenters. The molecule has 1 fully saturated rings. The fourth-order valence-corrected chi connectivity index (χ4v) is 2.77. The standard InChI is InChI=1S/C14H20BrN/c1-3-14(8-9-14)10-16-11(2)12-6-4-5-7-13(12)15/h4-7,11,16H,3,8-10H2,1-2H3. The number of hydrogen-bond donors (Lipinski definition) is 1. The third-order valence-corrected chi connectivity index (χ3v) is 4.58. The zero-order valence-corrected chi connectivity index (χ0v) is 11.7. The van der Waals surface area contributed by atoms with Crippen molar-refractivity contribution in [1.82, 2.24) is 5.32 Å². The molecule has 2 heteroatoms. The van der Waals surface area contributed by atoms with E-state index in [0.29, 0.717) is 11.5 Å². The fourth-order valence-electron chi connectivity index (χ4n) is 2.14. The molecular weight excluding hydrogens is 262 g/mol. The van der Waals surface area contributed by atoms with Gasteiger partial charge in [-0.3, -0.25) is 0 Å². The minimum atomic E-state index is 0.430. The molecule has 1 aromatic carbocycles. The van der Waals surface area contributed by atoms with Crippen LogP contribution in [0.2, 0.25) is 0 Å². The van der Waals surface area contributed by atoms with Gasteiger partial charge in [0.2, 0.25) is 0 Å². The summed E-state index contributed by atoms with van der Waals surface area (Å²) in [6, 6.07) is 8.90. The zero-order valence-electron chi connectivity index (χ0n) is 10.1. The van der Waals surface area contributed by atoms with Gasteiger partial charge in [0.1, 0.15) is 0 Å². The Morgan fingerprint density at radius 3 is 2.62 bits per heavy atom. The van der Waals surface area contributed by atoms with Gasteiger partial charge in [-0.05, 0) is 43.2 Å². The zero-order chi connectivity index (χ0) is 11.6. The van der Waals surface area contributed by atoms with Crippen molar-refractivity contribution >= 4 is 15.9 Å². The summed E-state index contributed by atoms with van der Waals surface area (Å²) in [4.78, 5) is 0. The average Bonchev–Trinajstić information content (AvgIpc) is 3.07. The van der Waals surface area contributed by atoms with Crippen LogP contribution in [0.25, 0.3) is 0 Å². The van der Waals surface area contributed by atoms with Crippen molar-refractivity contribution in [3.8, 4) is 0 Å². The number of benzene rings is 1. The maximum absolute atomic E-state index is 3.66. The summed E-state index contributed by atoms with van der Waals surface area (Å²) in [5, 5.41) is 3.66. The number of hydrogen-bond acceptors (Lipinski definition) is 1. The minimum absolute atomic E-state index is 0.430. The van der Waals surface area contributed by atoms with Crippen LogP contribution in [0, 0.1) is 5.41 Å². The number of nitrogens with one attached hydrogen (secondary N) is 1. The fraction of sp³-hybridized carbons (Fsp3) is 0.571. The smallest absolute Gasteiger partial charge is 0.0303 e. The van der Waals surface area contributed by atoms with Crippen LogP contribution in [0.15, 0.2) is 28.7 Å². The lowest BCUT2D eigenvalue weighted by Crippen LogP contribution is -2.26. The first kappa shape index (κ1) is 12.1. The summed E-state index contributed by atoms with van der Waals surface area (Å²) in [6.07, 6.45) is 4.11. The molecule has 0 aromatic heterocycles. The minimum Gasteiger partial charge on any atom is -0.310 e. The van der Waals surface area contributed by atoms with Gasteiger partial charge in [-0.25, -0.2) is 0 Å². The van der Waals surface area contributed by atoms with E-state index >= 15 is 0 Å². The molecule has 1 atom stereocenters. The summed E-state index contributed by atoms with van der Waals surface area (Å²) in [5.41, 5.74) is 1.98. The molecule has 1 aliphatic rings. The van der Waals surface area contributed by atoms with E-state index in [2.05, 4.69) is 59.4 Å². The molecule has 1 aliphatic carbocycles. The second kappa shape index (κ2) is 4.89. The SMILES string of the molecule is CCC1(CNC(C)c2ccccc2Br)CC1. The van der Waals surface area contributed by atoms with E-state index in [4.69, 9.17) is 0 Å². The van der Waals surface area contributed by atoms with Crippen LogP contribution in [-0.2, 0) is 0 Å². The van der Waals surface area contributed by atoms with Gasteiger partial charge in [0.15, 0.2) is 0 Å². The summed E-state index contributed by atoms with van der Waals surface area (Å²) < 4.78 is 1.20. The van der Waals surface area contributed by atoms with Gasteiger partial charge >= 0.3 is 0 Å². The molecule has 88 valence electrons. The molecule has 0 bridgehead atoms. The molecule has 0 amide bonds. The molecule has 0 heterocycles. The van der Waals surface area contributed by atoms with Crippen molar-refractivity contribution in [3.63, 3.8) is 0 Å². The highest BCUT2D eigenvalue weighted by molar-refractivity contribution is 9.10. The van der Waals surface area contributed by atoms with Crippen molar-refractivity contribution in [3.05, 3.63) is 34.3 Å². The monoisotopic (exact) mass is 281 g/mol. The maximum atomic E-state index is 3.66. The van der Waals surface area contributed by atoms with E-state index in [0.717, 1.165) is 6.54 Å². The normalized spacial score (nSPS) is 19.4. The predicted molar refractivity (Wildman–Crippen MR) is 72.5 cm³/mol. The van der Waals surface area contributed by atoms with Gasteiger partial charge < -0.3 is 5.32 Å². The van der Waals surface area contributed by atoms with Gasteiger partial charge in [0.05, 0.1) is 0 Å². The highest BCUT2D eigenvalue weighted by Gasteiger charge is 2.40. The molecular formula is C14H20BrN. The summed E-state index contributed by atoms with van der Waals surface area (Å²) in [5.74, 6) is 0. The Hall–Kier alpha value is -0.340. The van der Waals surface area contributed by atoms with E-state index in [1.165, 1.54) is 29.3 Å². The highest BCUT2D eigenvalue weighted by Crippen LogP contribution is 2.48. The van der Waals surface area contributed by atoms with Gasteiger partial charge in [-0.2, -0.15) is 0 Å². The molecule has 2 rings (SSSR count). The highest BCUT2D eigenvalue weighted by atomic mass is 79.9. The van der Waals surface area contributed by atoms with Crippen molar-refractivity contribution in [2.45, 2.75) is 39.2 Å².